The third-order valence-electron chi connectivity index (χ3n) is 8.23. The molecular weight excluding hydrogens is 839 g/mol. The van der Waals surface area contributed by atoms with Crippen molar-refractivity contribution in [3.05, 3.63) is 11.6 Å². The fourth-order valence-electron chi connectivity index (χ4n) is 5.50. The van der Waals surface area contributed by atoms with Crippen LogP contribution in [0, 0.1) is 0 Å². The Labute approximate surface area is 349 Å². The summed E-state index contributed by atoms with van der Waals surface area (Å²) in [5, 5.41) is 135. The quantitative estimate of drug-likeness (QED) is 0.0569. The highest BCUT2D eigenvalue weighted by Gasteiger charge is 2.50. The Balaban J connectivity index is -0.00000105. The first kappa shape index (κ1) is 62.3. The molecule has 3 aliphatic rings. The summed E-state index contributed by atoms with van der Waals surface area (Å²) in [6.45, 7) is -0.803. The largest absolute Gasteiger partial charge is 0.394 e. The molecule has 0 radical (unpaired) electrons. The summed E-state index contributed by atoms with van der Waals surface area (Å²) in [4.78, 5) is 11.0. The first-order valence-corrected chi connectivity index (χ1v) is 14.4. The van der Waals surface area contributed by atoms with Crippen molar-refractivity contribution in [1.29, 1.82) is 0 Å². The van der Waals surface area contributed by atoms with E-state index < -0.39 is 136 Å². The Morgan fingerprint density at radius 3 is 1.83 bits per heavy atom. The van der Waals surface area contributed by atoms with Crippen molar-refractivity contribution in [2.24, 2.45) is 0 Å². The summed E-state index contributed by atoms with van der Waals surface area (Å²) >= 11 is 0. The highest BCUT2D eigenvalue weighted by molar-refractivity contribution is 7.60. The van der Waals surface area contributed by atoms with E-state index in [0.29, 0.717) is 0 Å². The van der Waals surface area contributed by atoms with Crippen molar-refractivity contribution in [3.8, 4) is 0 Å². The molecule has 18 atom stereocenters. The van der Waals surface area contributed by atoms with Crippen LogP contribution >= 0.6 is 94.5 Å². The number of aldehydes is 1. The van der Waals surface area contributed by atoms with Crippen LogP contribution in [-0.4, -0.2) is 203 Å². The highest BCUT2D eigenvalue weighted by atomic mass is 32.1. The van der Waals surface area contributed by atoms with E-state index in [9.17, 15) is 66.1 Å². The summed E-state index contributed by atoms with van der Waals surface area (Å²) in [7, 11) is 0. The fourth-order valence-corrected chi connectivity index (χ4v) is 5.50. The number of rotatable bonds is 14. The topological polar surface area (TPSA) is 329 Å². The van der Waals surface area contributed by atoms with E-state index >= 15 is 0 Å². The highest BCUT2D eigenvalue weighted by Crippen LogP contribution is 2.31. The second-order valence-electron chi connectivity index (χ2n) is 11.4. The van der Waals surface area contributed by atoms with Crippen LogP contribution in [0.25, 0.3) is 0 Å². The van der Waals surface area contributed by atoms with E-state index in [2.05, 4.69) is 5.32 Å². The van der Waals surface area contributed by atoms with Gasteiger partial charge < -0.3 is 95.4 Å². The third-order valence-corrected chi connectivity index (χ3v) is 8.23. The third kappa shape index (κ3) is 14.8. The van der Waals surface area contributed by atoms with Crippen LogP contribution in [0.5, 0.6) is 0 Å². The molecule has 6 unspecified atom stereocenters. The number of aliphatic hydroxyl groups is 13. The predicted molar refractivity (Wildman–Crippen MR) is 216 cm³/mol. The van der Waals surface area contributed by atoms with Crippen LogP contribution in [0.4, 0.5) is 0 Å². The molecule has 0 amide bonds. The van der Waals surface area contributed by atoms with Gasteiger partial charge in [-0.2, -0.15) is 94.5 Å². The Morgan fingerprint density at radius 1 is 0.769 bits per heavy atom. The van der Waals surface area contributed by atoms with Gasteiger partial charge in [-0.15, -0.1) is 0 Å². The number of carbonyl (C=O) groups excluding carboxylic acids is 1. The van der Waals surface area contributed by atoms with E-state index in [0.717, 1.165) is 0 Å². The molecule has 0 aromatic rings. The van der Waals surface area contributed by atoms with Gasteiger partial charge >= 0.3 is 0 Å². The number of nitrogens with one attached hydrogen (secondary N) is 1. The van der Waals surface area contributed by atoms with Crippen LogP contribution in [0.2, 0.25) is 0 Å². The summed E-state index contributed by atoms with van der Waals surface area (Å²) < 4.78 is 22.0. The average molecular weight is 898 g/mol. The zero-order valence-electron chi connectivity index (χ0n) is 27.7. The summed E-state index contributed by atoms with van der Waals surface area (Å²) in [5.74, 6) is 0. The summed E-state index contributed by atoms with van der Waals surface area (Å²) in [5.41, 5.74) is -0.0316. The first-order valence-electron chi connectivity index (χ1n) is 14.4. The zero-order chi connectivity index (χ0) is 33.7. The van der Waals surface area contributed by atoms with Crippen LogP contribution < -0.4 is 5.32 Å². The molecule has 0 spiro atoms. The van der Waals surface area contributed by atoms with Gasteiger partial charge in [0, 0.05) is 6.42 Å². The Bertz CT molecular complexity index is 989. The zero-order valence-corrected chi connectivity index (χ0v) is 34.7. The van der Waals surface area contributed by atoms with Crippen molar-refractivity contribution in [2.75, 3.05) is 19.8 Å². The lowest BCUT2D eigenvalue weighted by Crippen LogP contribution is -2.67. The van der Waals surface area contributed by atoms with Crippen molar-refractivity contribution in [2.45, 2.75) is 123 Å². The summed E-state index contributed by atoms with van der Waals surface area (Å²) in [6, 6.07) is -2.37. The molecular formula is C26H59NO18S7. The van der Waals surface area contributed by atoms with Crippen LogP contribution in [0.3, 0.4) is 0 Å². The minimum atomic E-state index is -1.95. The molecule has 0 bridgehead atoms. The van der Waals surface area contributed by atoms with Crippen LogP contribution in [0.15, 0.2) is 11.6 Å². The van der Waals surface area contributed by atoms with Gasteiger partial charge in [0.15, 0.2) is 18.9 Å². The lowest BCUT2D eigenvalue weighted by molar-refractivity contribution is -0.316. The number of aliphatic hydroxyl groups excluding tert-OH is 13. The monoisotopic (exact) mass is 897 g/mol. The van der Waals surface area contributed by atoms with Crippen molar-refractivity contribution in [1.82, 2.24) is 5.32 Å². The molecule has 2 saturated heterocycles. The molecule has 0 aromatic heterocycles. The fraction of sp³-hybridized carbons (Fsp3) is 0.885. The molecule has 19 nitrogen and oxygen atoms in total. The lowest BCUT2D eigenvalue weighted by Gasteiger charge is -2.46. The molecule has 0 saturated carbocycles. The number of hydrogen-bond donors (Lipinski definition) is 14. The number of ether oxygens (including phenoxy) is 4. The molecule has 52 heavy (non-hydrogen) atoms. The molecule has 2 fully saturated rings. The standard InChI is InChI=1S/C26H45NO18.7H2S/c1-8-15(19(37)22(40)25(42-8)43-13(3-10(32)5-29)17(35)12(33)6-30)27-11-2-9(4-28)24(21(39)16(11)34)45-26-23(41)20(38)18(36)14(7-31)44-26;;;;;;;/h2,6,8,10-29,31-41H,3-5,7H2,1H3;7*1H2/t8-,10?,11+,12+,13-,14-,15-,16+,17-,18?,19+,20+,21?,22?,23?,24-,25?,26-;;;;;;;/m1......./s1. The van der Waals surface area contributed by atoms with Gasteiger partial charge in [-0.25, -0.2) is 0 Å². The lowest BCUT2D eigenvalue weighted by atomic mass is 9.86. The second-order valence-corrected chi connectivity index (χ2v) is 11.4. The van der Waals surface area contributed by atoms with Crippen LogP contribution in [-0.2, 0) is 23.7 Å². The predicted octanol–water partition coefficient (Wildman–Crippen LogP) is -7.54. The maximum Gasteiger partial charge on any atom is 0.187 e. The van der Waals surface area contributed by atoms with Crippen molar-refractivity contribution < 1.29 is 90.1 Å². The van der Waals surface area contributed by atoms with E-state index in [1.54, 1.807) is 0 Å². The smallest absolute Gasteiger partial charge is 0.187 e. The van der Waals surface area contributed by atoms with Crippen LogP contribution in [0.1, 0.15) is 13.3 Å². The van der Waals surface area contributed by atoms with Gasteiger partial charge in [-0.1, -0.05) is 6.08 Å². The molecule has 14 N–H and O–H groups in total. The Morgan fingerprint density at radius 2 is 1.33 bits per heavy atom. The minimum absolute atomic E-state index is 0. The number of carbonyl (C=O) groups is 1. The molecule has 2 heterocycles. The van der Waals surface area contributed by atoms with Crippen molar-refractivity contribution >= 4 is 101 Å². The van der Waals surface area contributed by atoms with Gasteiger partial charge in [-0.3, -0.25) is 0 Å². The van der Waals surface area contributed by atoms with Gasteiger partial charge in [0.05, 0.1) is 50.2 Å². The van der Waals surface area contributed by atoms with Gasteiger partial charge in [0.1, 0.15) is 67.1 Å². The molecule has 2 aliphatic heterocycles. The van der Waals surface area contributed by atoms with E-state index in [1.807, 2.05) is 0 Å². The van der Waals surface area contributed by atoms with E-state index in [-0.39, 0.29) is 106 Å². The molecule has 0 aromatic carbocycles. The maximum absolute atomic E-state index is 11.0. The van der Waals surface area contributed by atoms with Gasteiger partial charge in [-0.05, 0) is 12.5 Å². The second kappa shape index (κ2) is 28.5. The molecule has 26 heteroatoms. The van der Waals surface area contributed by atoms with E-state index in [4.69, 9.17) is 24.1 Å². The van der Waals surface area contributed by atoms with Gasteiger partial charge in [0.25, 0.3) is 0 Å². The average Bonchev–Trinajstić information content (AvgIpc) is 3.03. The Hall–Kier alpha value is 1.14. The summed E-state index contributed by atoms with van der Waals surface area (Å²) in [6.07, 6.45) is -25.6. The van der Waals surface area contributed by atoms with Gasteiger partial charge in [0.2, 0.25) is 0 Å². The van der Waals surface area contributed by atoms with E-state index in [1.165, 1.54) is 13.0 Å². The normalized spacial score (nSPS) is 37.8. The van der Waals surface area contributed by atoms with Crippen molar-refractivity contribution in [3.63, 3.8) is 0 Å². The first-order chi connectivity index (χ1) is 21.2. The number of hydrogen-bond acceptors (Lipinski definition) is 19. The minimum Gasteiger partial charge on any atom is -0.394 e. The maximum atomic E-state index is 11.0. The Kier molecular flexibility index (Phi) is 34.2. The molecule has 1 aliphatic carbocycles. The molecule has 318 valence electrons. The SMILES string of the molecule is C[C@H]1OC(O[C@H](CC(O)CO)[C@H](O)[C@@H](O)C=O)C(O)[C@@H](O)[C@@H]1N[C@H]1C=C(CO)[C@@H](O[C@H]2O[C@H](CO)C(O)[C@H](O)C2O)C(O)[C@H]1O.S.S.S.S.S.S.S. The molecule has 3 rings (SSSR count).